The second-order valence-electron chi connectivity index (χ2n) is 3.85. The van der Waals surface area contributed by atoms with E-state index in [0.29, 0.717) is 11.1 Å². The molecule has 0 heterocycles. The molecule has 0 amide bonds. The molecule has 0 fully saturated rings. The first-order chi connectivity index (χ1) is 8.56. The van der Waals surface area contributed by atoms with E-state index in [1.807, 2.05) is 18.2 Å². The maximum atomic E-state index is 12.9. The highest BCUT2D eigenvalue weighted by molar-refractivity contribution is 14.1. The standard InChI is InChI=1S/C14H9ClFIO/c15-13-8-11(16)5-4-9(13)7-14(18)10-2-1-3-12(17)6-10/h1-6,8H,7H2. The predicted octanol–water partition coefficient (Wildman–Crippen LogP) is 4.51. The third-order valence-electron chi connectivity index (χ3n) is 2.51. The molecular weight excluding hydrogens is 366 g/mol. The first-order valence-corrected chi connectivity index (χ1v) is 6.74. The zero-order valence-corrected chi connectivity index (χ0v) is 12.2. The zero-order chi connectivity index (χ0) is 13.1. The first kappa shape index (κ1) is 13.5. The van der Waals surface area contributed by atoms with Crippen LogP contribution in [0.3, 0.4) is 0 Å². The van der Waals surface area contributed by atoms with Crippen molar-refractivity contribution >= 4 is 40.0 Å². The van der Waals surface area contributed by atoms with Crippen LogP contribution in [-0.4, -0.2) is 5.78 Å². The summed E-state index contributed by atoms with van der Waals surface area (Å²) >= 11 is 8.05. The lowest BCUT2D eigenvalue weighted by Gasteiger charge is -2.04. The second kappa shape index (κ2) is 5.80. The molecule has 0 bridgehead atoms. The molecule has 0 aliphatic heterocycles. The number of rotatable bonds is 3. The Kier molecular flexibility index (Phi) is 4.35. The van der Waals surface area contributed by atoms with Crippen LogP contribution in [-0.2, 0) is 6.42 Å². The second-order valence-corrected chi connectivity index (χ2v) is 5.50. The van der Waals surface area contributed by atoms with Crippen LogP contribution >= 0.6 is 34.2 Å². The summed E-state index contributed by atoms with van der Waals surface area (Å²) in [5.74, 6) is -0.424. The van der Waals surface area contributed by atoms with Crippen LogP contribution in [0.5, 0.6) is 0 Å². The zero-order valence-electron chi connectivity index (χ0n) is 9.29. The van der Waals surface area contributed by atoms with Gasteiger partial charge >= 0.3 is 0 Å². The molecule has 0 spiro atoms. The summed E-state index contributed by atoms with van der Waals surface area (Å²) in [6.45, 7) is 0. The van der Waals surface area contributed by atoms with E-state index in [0.717, 1.165) is 3.57 Å². The molecule has 0 saturated carbocycles. The molecule has 0 aliphatic carbocycles. The van der Waals surface area contributed by atoms with Gasteiger partial charge in [-0.05, 0) is 52.4 Å². The highest BCUT2D eigenvalue weighted by Gasteiger charge is 2.10. The van der Waals surface area contributed by atoms with E-state index >= 15 is 0 Å². The quantitative estimate of drug-likeness (QED) is 0.571. The van der Waals surface area contributed by atoms with E-state index < -0.39 is 5.82 Å². The van der Waals surface area contributed by atoms with Crippen molar-refractivity contribution in [2.24, 2.45) is 0 Å². The molecular formula is C14H9ClFIO. The van der Waals surface area contributed by atoms with E-state index in [-0.39, 0.29) is 17.2 Å². The number of halogens is 3. The van der Waals surface area contributed by atoms with Crippen molar-refractivity contribution in [1.29, 1.82) is 0 Å². The fraction of sp³-hybridized carbons (Fsp3) is 0.0714. The Labute approximate surface area is 123 Å². The maximum Gasteiger partial charge on any atom is 0.167 e. The number of benzene rings is 2. The first-order valence-electron chi connectivity index (χ1n) is 5.29. The number of carbonyl (C=O) groups is 1. The number of ketones is 1. The van der Waals surface area contributed by atoms with Crippen LogP contribution in [0.25, 0.3) is 0 Å². The van der Waals surface area contributed by atoms with Crippen LogP contribution in [0.4, 0.5) is 4.39 Å². The number of Topliss-reactive ketones (excluding diaryl/α,β-unsaturated/α-hetero) is 1. The highest BCUT2D eigenvalue weighted by Crippen LogP contribution is 2.19. The average Bonchev–Trinajstić information content (AvgIpc) is 2.32. The van der Waals surface area contributed by atoms with Gasteiger partial charge in [-0.25, -0.2) is 4.39 Å². The molecule has 2 aromatic carbocycles. The molecule has 2 aromatic rings. The normalized spacial score (nSPS) is 10.4. The average molecular weight is 375 g/mol. The van der Waals surface area contributed by atoms with E-state index in [9.17, 15) is 9.18 Å². The van der Waals surface area contributed by atoms with Gasteiger partial charge < -0.3 is 0 Å². The van der Waals surface area contributed by atoms with Crippen molar-refractivity contribution in [1.82, 2.24) is 0 Å². The Balaban J connectivity index is 2.21. The topological polar surface area (TPSA) is 17.1 Å². The summed E-state index contributed by atoms with van der Waals surface area (Å²) in [7, 11) is 0. The minimum absolute atomic E-state index is 0.0259. The van der Waals surface area contributed by atoms with Gasteiger partial charge in [0.05, 0.1) is 0 Å². The van der Waals surface area contributed by atoms with Gasteiger partial charge in [0.15, 0.2) is 5.78 Å². The monoisotopic (exact) mass is 374 g/mol. The Morgan fingerprint density at radius 1 is 1.22 bits per heavy atom. The summed E-state index contributed by atoms with van der Waals surface area (Å²) in [6.07, 6.45) is 0.180. The van der Waals surface area contributed by atoms with Crippen LogP contribution < -0.4 is 0 Å². The third-order valence-corrected chi connectivity index (χ3v) is 3.54. The summed E-state index contributed by atoms with van der Waals surface area (Å²) in [5.41, 5.74) is 1.28. The Bertz CT molecular complexity index is 598. The van der Waals surface area contributed by atoms with Crippen molar-refractivity contribution in [2.45, 2.75) is 6.42 Å². The van der Waals surface area contributed by atoms with Gasteiger partial charge in [0.2, 0.25) is 0 Å². The van der Waals surface area contributed by atoms with Gasteiger partial charge in [-0.15, -0.1) is 0 Å². The largest absolute Gasteiger partial charge is 0.294 e. The summed E-state index contributed by atoms with van der Waals surface area (Å²) in [6, 6.07) is 11.4. The van der Waals surface area contributed by atoms with E-state index in [1.54, 1.807) is 12.1 Å². The van der Waals surface area contributed by atoms with Crippen molar-refractivity contribution < 1.29 is 9.18 Å². The van der Waals surface area contributed by atoms with Crippen LogP contribution in [0, 0.1) is 9.39 Å². The molecule has 0 saturated heterocycles. The smallest absolute Gasteiger partial charge is 0.167 e. The summed E-state index contributed by atoms with van der Waals surface area (Å²) in [5, 5.41) is 0.286. The van der Waals surface area contributed by atoms with Crippen LogP contribution in [0.1, 0.15) is 15.9 Å². The van der Waals surface area contributed by atoms with Gasteiger partial charge in [0.25, 0.3) is 0 Å². The van der Waals surface area contributed by atoms with Crippen molar-refractivity contribution in [3.8, 4) is 0 Å². The van der Waals surface area contributed by atoms with Gasteiger partial charge in [0, 0.05) is 20.6 Å². The lowest BCUT2D eigenvalue weighted by Crippen LogP contribution is -2.04. The van der Waals surface area contributed by atoms with Crippen molar-refractivity contribution in [3.63, 3.8) is 0 Å². The number of hydrogen-bond acceptors (Lipinski definition) is 1. The maximum absolute atomic E-state index is 12.9. The molecule has 0 radical (unpaired) electrons. The van der Waals surface area contributed by atoms with Crippen LogP contribution in [0.2, 0.25) is 5.02 Å². The molecule has 1 nitrogen and oxygen atoms in total. The molecule has 0 aliphatic rings. The van der Waals surface area contributed by atoms with E-state index in [2.05, 4.69) is 22.6 Å². The minimum Gasteiger partial charge on any atom is -0.294 e. The fourth-order valence-corrected chi connectivity index (χ4v) is 2.38. The Morgan fingerprint density at radius 3 is 2.67 bits per heavy atom. The molecule has 92 valence electrons. The summed E-state index contributed by atoms with van der Waals surface area (Å²) < 4.78 is 13.9. The Hall–Kier alpha value is -0.940. The van der Waals surface area contributed by atoms with Gasteiger partial charge in [0.1, 0.15) is 5.82 Å². The van der Waals surface area contributed by atoms with E-state index in [4.69, 9.17) is 11.6 Å². The molecule has 2 rings (SSSR count). The molecule has 4 heteroatoms. The van der Waals surface area contributed by atoms with E-state index in [1.165, 1.54) is 12.1 Å². The summed E-state index contributed by atoms with van der Waals surface area (Å²) in [4.78, 5) is 12.0. The number of carbonyl (C=O) groups excluding carboxylic acids is 1. The van der Waals surface area contributed by atoms with Gasteiger partial charge in [-0.3, -0.25) is 4.79 Å². The number of hydrogen-bond donors (Lipinski definition) is 0. The van der Waals surface area contributed by atoms with Crippen molar-refractivity contribution in [3.05, 3.63) is 68.0 Å². The molecule has 0 atom stereocenters. The Morgan fingerprint density at radius 2 is 2.00 bits per heavy atom. The predicted molar refractivity (Wildman–Crippen MR) is 78.6 cm³/mol. The van der Waals surface area contributed by atoms with Gasteiger partial charge in [-0.1, -0.05) is 29.8 Å². The lowest BCUT2D eigenvalue weighted by atomic mass is 10.0. The van der Waals surface area contributed by atoms with Crippen LogP contribution in [0.15, 0.2) is 42.5 Å². The SMILES string of the molecule is O=C(Cc1ccc(F)cc1Cl)c1cccc(I)c1. The molecule has 0 N–H and O–H groups in total. The highest BCUT2D eigenvalue weighted by atomic mass is 127. The lowest BCUT2D eigenvalue weighted by molar-refractivity contribution is 0.0993. The molecule has 18 heavy (non-hydrogen) atoms. The fourth-order valence-electron chi connectivity index (χ4n) is 1.60. The third kappa shape index (κ3) is 3.29. The minimum atomic E-state index is -0.398. The molecule has 0 unspecified atom stereocenters. The van der Waals surface area contributed by atoms with Gasteiger partial charge in [-0.2, -0.15) is 0 Å². The van der Waals surface area contributed by atoms with Crippen molar-refractivity contribution in [2.75, 3.05) is 0 Å². The molecule has 0 aromatic heterocycles.